The monoisotopic (exact) mass is 300 g/mol. The SMILES string of the molecule is COC(=O)CC[C@H](NC(=O)c1cccc(Cl)n1)C(=O)O. The summed E-state index contributed by atoms with van der Waals surface area (Å²) in [6.45, 7) is 0. The van der Waals surface area contributed by atoms with Gasteiger partial charge >= 0.3 is 11.9 Å². The first kappa shape index (κ1) is 15.9. The quantitative estimate of drug-likeness (QED) is 0.596. The Bertz CT molecular complexity index is 520. The summed E-state index contributed by atoms with van der Waals surface area (Å²) >= 11 is 5.64. The van der Waals surface area contributed by atoms with E-state index in [0.29, 0.717) is 0 Å². The van der Waals surface area contributed by atoms with Gasteiger partial charge in [-0.05, 0) is 18.6 Å². The lowest BCUT2D eigenvalue weighted by atomic mass is 10.1. The molecule has 0 saturated heterocycles. The van der Waals surface area contributed by atoms with Crippen LogP contribution in [0.15, 0.2) is 18.2 Å². The number of aromatic nitrogens is 1. The Morgan fingerprint density at radius 1 is 1.45 bits per heavy atom. The first-order valence-corrected chi connectivity index (χ1v) is 6.05. The van der Waals surface area contributed by atoms with E-state index in [9.17, 15) is 14.4 Å². The summed E-state index contributed by atoms with van der Waals surface area (Å²) in [5.74, 6) is -2.47. The Kier molecular flexibility index (Phi) is 5.92. The first-order valence-electron chi connectivity index (χ1n) is 5.67. The van der Waals surface area contributed by atoms with Crippen LogP contribution in [0.2, 0.25) is 5.15 Å². The number of halogens is 1. The number of pyridine rings is 1. The van der Waals surface area contributed by atoms with Gasteiger partial charge in [0, 0.05) is 6.42 Å². The van der Waals surface area contributed by atoms with Crippen LogP contribution in [0.1, 0.15) is 23.3 Å². The second-order valence-electron chi connectivity index (χ2n) is 3.82. The van der Waals surface area contributed by atoms with E-state index in [4.69, 9.17) is 16.7 Å². The fourth-order valence-corrected chi connectivity index (χ4v) is 1.55. The molecule has 108 valence electrons. The highest BCUT2D eigenvalue weighted by Crippen LogP contribution is 2.06. The molecule has 0 aliphatic rings. The van der Waals surface area contributed by atoms with Crippen LogP contribution < -0.4 is 5.32 Å². The van der Waals surface area contributed by atoms with Gasteiger partial charge in [0.25, 0.3) is 5.91 Å². The smallest absolute Gasteiger partial charge is 0.326 e. The summed E-state index contributed by atoms with van der Waals surface area (Å²) in [6, 6.07) is 3.21. The number of nitrogens with one attached hydrogen (secondary N) is 1. The Morgan fingerprint density at radius 2 is 2.15 bits per heavy atom. The molecule has 20 heavy (non-hydrogen) atoms. The molecule has 1 rings (SSSR count). The molecule has 0 aliphatic carbocycles. The van der Waals surface area contributed by atoms with Gasteiger partial charge in [0.1, 0.15) is 16.9 Å². The number of carbonyl (C=O) groups is 3. The Labute approximate surface area is 119 Å². The predicted molar refractivity (Wildman–Crippen MR) is 69.4 cm³/mol. The van der Waals surface area contributed by atoms with Gasteiger partial charge in [-0.25, -0.2) is 9.78 Å². The van der Waals surface area contributed by atoms with E-state index in [1.165, 1.54) is 25.3 Å². The van der Waals surface area contributed by atoms with Gasteiger partial charge in [0.2, 0.25) is 0 Å². The second-order valence-corrected chi connectivity index (χ2v) is 4.21. The summed E-state index contributed by atoms with van der Waals surface area (Å²) in [5.41, 5.74) is 0.00168. The van der Waals surface area contributed by atoms with Gasteiger partial charge in [0.15, 0.2) is 0 Å². The number of carboxylic acid groups (broad SMARTS) is 1. The van der Waals surface area contributed by atoms with Crippen molar-refractivity contribution < 1.29 is 24.2 Å². The molecule has 7 nitrogen and oxygen atoms in total. The number of esters is 1. The van der Waals surface area contributed by atoms with Crippen molar-refractivity contribution >= 4 is 29.4 Å². The molecule has 0 unspecified atom stereocenters. The van der Waals surface area contributed by atoms with Crippen LogP contribution in [-0.4, -0.2) is 41.1 Å². The van der Waals surface area contributed by atoms with Crippen molar-refractivity contribution in [1.29, 1.82) is 0 Å². The molecule has 0 bridgehead atoms. The average molecular weight is 301 g/mol. The third-order valence-corrected chi connectivity index (χ3v) is 2.63. The summed E-state index contributed by atoms with van der Waals surface area (Å²) in [7, 11) is 1.20. The summed E-state index contributed by atoms with van der Waals surface area (Å²) < 4.78 is 4.41. The van der Waals surface area contributed by atoms with Crippen LogP contribution in [-0.2, 0) is 14.3 Å². The van der Waals surface area contributed by atoms with E-state index in [-0.39, 0.29) is 23.7 Å². The maximum absolute atomic E-state index is 11.8. The molecule has 1 amide bonds. The maximum atomic E-state index is 11.8. The lowest BCUT2D eigenvalue weighted by Gasteiger charge is -2.13. The van der Waals surface area contributed by atoms with Gasteiger partial charge in [0.05, 0.1) is 7.11 Å². The topological polar surface area (TPSA) is 106 Å². The van der Waals surface area contributed by atoms with Crippen LogP contribution in [0.5, 0.6) is 0 Å². The van der Waals surface area contributed by atoms with Crippen molar-refractivity contribution in [3.05, 3.63) is 29.0 Å². The molecule has 0 saturated carbocycles. The highest BCUT2D eigenvalue weighted by atomic mass is 35.5. The summed E-state index contributed by atoms with van der Waals surface area (Å²) in [6.07, 6.45) is -0.189. The zero-order valence-corrected chi connectivity index (χ0v) is 11.4. The normalized spacial score (nSPS) is 11.5. The van der Waals surface area contributed by atoms with E-state index in [0.717, 1.165) is 0 Å². The predicted octanol–water partition coefficient (Wildman–Crippen LogP) is 0.871. The van der Waals surface area contributed by atoms with Crippen molar-refractivity contribution in [3.63, 3.8) is 0 Å². The van der Waals surface area contributed by atoms with Gasteiger partial charge in [-0.1, -0.05) is 17.7 Å². The number of nitrogens with zero attached hydrogens (tertiary/aromatic N) is 1. The summed E-state index contributed by atoms with van der Waals surface area (Å²) in [5, 5.41) is 11.4. The van der Waals surface area contributed by atoms with Gasteiger partial charge in [-0.2, -0.15) is 0 Å². The number of aliphatic carboxylic acids is 1. The molecule has 1 heterocycles. The zero-order chi connectivity index (χ0) is 15.1. The molecule has 1 aromatic heterocycles. The standard InChI is InChI=1S/C12H13ClN2O5/c1-20-10(16)6-5-8(12(18)19)15-11(17)7-3-2-4-9(13)14-7/h2-4,8H,5-6H2,1H3,(H,15,17)(H,18,19)/t8-/m0/s1. The number of carboxylic acids is 1. The number of methoxy groups -OCH3 is 1. The molecular weight excluding hydrogens is 288 g/mol. The minimum Gasteiger partial charge on any atom is -0.480 e. The van der Waals surface area contributed by atoms with Crippen LogP contribution in [0, 0.1) is 0 Å². The number of amides is 1. The van der Waals surface area contributed by atoms with Crippen LogP contribution in [0.3, 0.4) is 0 Å². The number of hydrogen-bond acceptors (Lipinski definition) is 5. The molecule has 8 heteroatoms. The third kappa shape index (κ3) is 4.85. The summed E-state index contributed by atoms with van der Waals surface area (Å²) in [4.78, 5) is 37.6. The lowest BCUT2D eigenvalue weighted by molar-refractivity contribution is -0.142. The van der Waals surface area contributed by atoms with Crippen molar-refractivity contribution in [2.45, 2.75) is 18.9 Å². The number of ether oxygens (including phenoxy) is 1. The zero-order valence-electron chi connectivity index (χ0n) is 10.6. The highest BCUT2D eigenvalue weighted by Gasteiger charge is 2.22. The third-order valence-electron chi connectivity index (χ3n) is 2.42. The van der Waals surface area contributed by atoms with Gasteiger partial charge < -0.3 is 15.2 Å². The fourth-order valence-electron chi connectivity index (χ4n) is 1.39. The number of hydrogen-bond donors (Lipinski definition) is 2. The van der Waals surface area contributed by atoms with E-state index in [1.807, 2.05) is 0 Å². The molecule has 0 aliphatic heterocycles. The Hall–Kier alpha value is -2.15. The Balaban J connectivity index is 2.68. The molecule has 2 N–H and O–H groups in total. The van der Waals surface area contributed by atoms with E-state index >= 15 is 0 Å². The second kappa shape index (κ2) is 7.44. The minimum atomic E-state index is -1.25. The average Bonchev–Trinajstić information content (AvgIpc) is 2.42. The molecular formula is C12H13ClN2O5. The van der Waals surface area contributed by atoms with Crippen molar-refractivity contribution in [2.24, 2.45) is 0 Å². The fraction of sp³-hybridized carbons (Fsp3) is 0.333. The largest absolute Gasteiger partial charge is 0.480 e. The maximum Gasteiger partial charge on any atom is 0.326 e. The van der Waals surface area contributed by atoms with Crippen LogP contribution >= 0.6 is 11.6 Å². The molecule has 1 atom stereocenters. The first-order chi connectivity index (χ1) is 9.43. The van der Waals surface area contributed by atoms with Crippen LogP contribution in [0.25, 0.3) is 0 Å². The molecule has 0 radical (unpaired) electrons. The minimum absolute atomic E-state index is 0.00168. The molecule has 0 fully saturated rings. The van der Waals surface area contributed by atoms with Crippen molar-refractivity contribution in [3.8, 4) is 0 Å². The lowest BCUT2D eigenvalue weighted by Crippen LogP contribution is -2.41. The Morgan fingerprint density at radius 3 is 2.70 bits per heavy atom. The van der Waals surface area contributed by atoms with E-state index < -0.39 is 23.9 Å². The van der Waals surface area contributed by atoms with Gasteiger partial charge in [-0.3, -0.25) is 9.59 Å². The van der Waals surface area contributed by atoms with Crippen LogP contribution in [0.4, 0.5) is 0 Å². The molecule has 0 spiro atoms. The van der Waals surface area contributed by atoms with E-state index in [1.54, 1.807) is 0 Å². The van der Waals surface area contributed by atoms with Gasteiger partial charge in [-0.15, -0.1) is 0 Å². The molecule has 1 aromatic rings. The van der Waals surface area contributed by atoms with E-state index in [2.05, 4.69) is 15.0 Å². The highest BCUT2D eigenvalue weighted by molar-refractivity contribution is 6.29. The number of rotatable bonds is 6. The molecule has 0 aromatic carbocycles. The number of carbonyl (C=O) groups excluding carboxylic acids is 2. The van der Waals surface area contributed by atoms with Crippen molar-refractivity contribution in [1.82, 2.24) is 10.3 Å². The van der Waals surface area contributed by atoms with Crippen molar-refractivity contribution in [2.75, 3.05) is 7.11 Å².